The maximum atomic E-state index is 6.84. The summed E-state index contributed by atoms with van der Waals surface area (Å²) in [6.07, 6.45) is 7.82. The van der Waals surface area contributed by atoms with E-state index in [1.54, 1.807) is 0 Å². The standard InChI is InChI=1S/C35H74N2O4S3/c1-13-29(42)22-34(14-2,24-33(12,44)41-20-17-30(7,8)36)25-38-26-35(15-3,28(6)39-19-16-27(4)5)23-31(9,10)40-21-18-32(11,37)43/h27-29,42-44H,13-26,36-37H2,1-12H3. The number of ether oxygens (including phenoxy) is 4. The monoisotopic (exact) mass is 682 g/mol. The van der Waals surface area contributed by atoms with Crippen molar-refractivity contribution in [1.82, 2.24) is 0 Å². The molecule has 0 spiro atoms. The summed E-state index contributed by atoms with van der Waals surface area (Å²) in [7, 11) is 0. The van der Waals surface area contributed by atoms with E-state index in [0.717, 1.165) is 58.0 Å². The lowest BCUT2D eigenvalue weighted by Crippen LogP contribution is -2.47. The molecule has 6 atom stereocenters. The molecular weight excluding hydrogens is 609 g/mol. The van der Waals surface area contributed by atoms with Crippen molar-refractivity contribution in [3.05, 3.63) is 0 Å². The third-order valence-electron chi connectivity index (χ3n) is 9.06. The van der Waals surface area contributed by atoms with Gasteiger partial charge in [0.1, 0.15) is 4.93 Å². The minimum atomic E-state index is -0.610. The molecule has 0 aromatic rings. The van der Waals surface area contributed by atoms with Gasteiger partial charge < -0.3 is 30.4 Å². The SMILES string of the molecule is CCC(S)CC(CC)(COCC(CC)(CC(C)(C)OCCC(C)(N)S)C(C)OCCC(C)C)CC(C)(S)OCCC(C)(C)N. The van der Waals surface area contributed by atoms with E-state index in [1.165, 1.54) is 0 Å². The molecule has 0 saturated heterocycles. The van der Waals surface area contributed by atoms with Crippen molar-refractivity contribution in [3.63, 3.8) is 0 Å². The summed E-state index contributed by atoms with van der Waals surface area (Å²) in [6.45, 7) is 28.8. The van der Waals surface area contributed by atoms with Gasteiger partial charge in [-0.1, -0.05) is 34.6 Å². The van der Waals surface area contributed by atoms with Crippen LogP contribution in [0.1, 0.15) is 141 Å². The smallest absolute Gasteiger partial charge is 0.108 e. The van der Waals surface area contributed by atoms with Crippen molar-refractivity contribution < 1.29 is 18.9 Å². The summed E-state index contributed by atoms with van der Waals surface area (Å²) in [6, 6.07) is 0. The Hall–Kier alpha value is 0.810. The molecule has 6 nitrogen and oxygen atoms in total. The third kappa shape index (κ3) is 19.6. The molecule has 4 N–H and O–H groups in total. The van der Waals surface area contributed by atoms with Crippen LogP contribution in [0.15, 0.2) is 0 Å². The fraction of sp³-hybridized carbons (Fsp3) is 1.00. The van der Waals surface area contributed by atoms with Gasteiger partial charge in [0.2, 0.25) is 0 Å². The number of nitrogens with two attached hydrogens (primary N) is 2. The Morgan fingerprint density at radius 1 is 0.750 bits per heavy atom. The van der Waals surface area contributed by atoms with Crippen molar-refractivity contribution in [1.29, 1.82) is 0 Å². The average molecular weight is 683 g/mol. The minimum absolute atomic E-state index is 0.00108. The van der Waals surface area contributed by atoms with Gasteiger partial charge in [0.25, 0.3) is 0 Å². The van der Waals surface area contributed by atoms with Crippen LogP contribution < -0.4 is 11.5 Å². The van der Waals surface area contributed by atoms with Crippen molar-refractivity contribution in [2.45, 2.75) is 173 Å². The summed E-state index contributed by atoms with van der Waals surface area (Å²) in [5.74, 6) is 0.590. The maximum Gasteiger partial charge on any atom is 0.108 e. The van der Waals surface area contributed by atoms with Gasteiger partial charge in [-0.25, -0.2) is 0 Å². The summed E-state index contributed by atoms with van der Waals surface area (Å²) < 4.78 is 26.1. The fourth-order valence-electron chi connectivity index (χ4n) is 5.87. The molecule has 6 unspecified atom stereocenters. The molecule has 0 amide bonds. The Bertz CT molecular complexity index is 770. The van der Waals surface area contributed by atoms with Crippen molar-refractivity contribution >= 4 is 37.9 Å². The Kier molecular flexibility index (Phi) is 20.1. The molecule has 0 saturated carbocycles. The third-order valence-corrected chi connectivity index (χ3v) is 10.1. The highest BCUT2D eigenvalue weighted by atomic mass is 32.1. The minimum Gasteiger partial charge on any atom is -0.380 e. The Morgan fingerprint density at radius 2 is 1.34 bits per heavy atom. The zero-order valence-corrected chi connectivity index (χ0v) is 33.4. The summed E-state index contributed by atoms with van der Waals surface area (Å²) in [5, 5.41) is 0.271. The molecule has 0 aromatic carbocycles. The first-order valence-corrected chi connectivity index (χ1v) is 18.5. The molecule has 0 rings (SSSR count). The van der Waals surface area contributed by atoms with Crippen LogP contribution in [0.4, 0.5) is 0 Å². The van der Waals surface area contributed by atoms with Crippen LogP contribution in [-0.2, 0) is 18.9 Å². The molecule has 0 bridgehead atoms. The zero-order chi connectivity index (χ0) is 34.5. The molecular formula is C35H74N2O4S3. The van der Waals surface area contributed by atoms with E-state index in [2.05, 4.69) is 74.9 Å². The summed E-state index contributed by atoms with van der Waals surface area (Å²) in [5.41, 5.74) is 11.3. The van der Waals surface area contributed by atoms with Gasteiger partial charge >= 0.3 is 0 Å². The average Bonchev–Trinajstić information content (AvgIpc) is 2.85. The van der Waals surface area contributed by atoms with E-state index < -0.39 is 9.80 Å². The molecule has 0 heterocycles. The van der Waals surface area contributed by atoms with E-state index in [1.807, 2.05) is 20.8 Å². The molecule has 0 radical (unpaired) electrons. The first-order chi connectivity index (χ1) is 19.9. The molecule has 266 valence electrons. The van der Waals surface area contributed by atoms with Crippen molar-refractivity contribution in [2.24, 2.45) is 28.2 Å². The normalized spacial score (nSPS) is 20.0. The van der Waals surface area contributed by atoms with Crippen LogP contribution in [0, 0.1) is 16.7 Å². The molecule has 0 aliphatic heterocycles. The van der Waals surface area contributed by atoms with Crippen LogP contribution in [-0.4, -0.2) is 65.3 Å². The second-order valence-corrected chi connectivity index (χ2v) is 18.6. The Morgan fingerprint density at radius 3 is 1.82 bits per heavy atom. The van der Waals surface area contributed by atoms with Crippen LogP contribution >= 0.6 is 37.9 Å². The van der Waals surface area contributed by atoms with E-state index in [4.69, 9.17) is 55.7 Å². The van der Waals surface area contributed by atoms with E-state index in [9.17, 15) is 0 Å². The topological polar surface area (TPSA) is 89.0 Å². The highest BCUT2D eigenvalue weighted by Crippen LogP contribution is 2.44. The molecule has 0 aromatic heterocycles. The predicted octanol–water partition coefficient (Wildman–Crippen LogP) is 8.71. The maximum absolute atomic E-state index is 6.84. The number of rotatable bonds is 26. The Labute approximate surface area is 290 Å². The number of thiol groups is 3. The van der Waals surface area contributed by atoms with Crippen LogP contribution in [0.25, 0.3) is 0 Å². The van der Waals surface area contributed by atoms with E-state index in [0.29, 0.717) is 38.8 Å². The highest BCUT2D eigenvalue weighted by Gasteiger charge is 2.43. The molecule has 0 aliphatic carbocycles. The van der Waals surface area contributed by atoms with Crippen LogP contribution in [0.5, 0.6) is 0 Å². The largest absolute Gasteiger partial charge is 0.380 e. The first kappa shape index (κ1) is 44.8. The molecule has 0 aliphatic rings. The highest BCUT2D eigenvalue weighted by molar-refractivity contribution is 7.81. The lowest BCUT2D eigenvalue weighted by Gasteiger charge is -2.45. The second-order valence-electron chi connectivity index (χ2n) is 15.9. The van der Waals surface area contributed by atoms with Crippen LogP contribution in [0.3, 0.4) is 0 Å². The van der Waals surface area contributed by atoms with E-state index >= 15 is 0 Å². The molecule has 9 heteroatoms. The van der Waals surface area contributed by atoms with Gasteiger partial charge in [-0.2, -0.15) is 25.3 Å². The molecule has 44 heavy (non-hydrogen) atoms. The Balaban J connectivity index is 6.05. The zero-order valence-electron chi connectivity index (χ0n) is 30.8. The van der Waals surface area contributed by atoms with Gasteiger partial charge in [-0.15, -0.1) is 12.6 Å². The van der Waals surface area contributed by atoms with Crippen molar-refractivity contribution in [2.75, 3.05) is 33.0 Å². The van der Waals surface area contributed by atoms with Gasteiger partial charge in [0.05, 0.1) is 36.4 Å². The lowest BCUT2D eigenvalue weighted by atomic mass is 9.72. The first-order valence-electron chi connectivity index (χ1n) is 17.1. The molecule has 0 fully saturated rings. The van der Waals surface area contributed by atoms with Gasteiger partial charge in [0.15, 0.2) is 0 Å². The van der Waals surface area contributed by atoms with Gasteiger partial charge in [0, 0.05) is 29.4 Å². The number of hydrogen-bond donors (Lipinski definition) is 5. The van der Waals surface area contributed by atoms with Crippen LogP contribution in [0.2, 0.25) is 0 Å². The van der Waals surface area contributed by atoms with E-state index in [-0.39, 0.29) is 33.3 Å². The lowest BCUT2D eigenvalue weighted by molar-refractivity contribution is -0.137. The second kappa shape index (κ2) is 19.7. The summed E-state index contributed by atoms with van der Waals surface area (Å²) in [4.78, 5) is -1.17. The summed E-state index contributed by atoms with van der Waals surface area (Å²) >= 11 is 14.4. The predicted molar refractivity (Wildman–Crippen MR) is 201 cm³/mol. The fourth-order valence-corrected chi connectivity index (χ4v) is 6.77. The quantitative estimate of drug-likeness (QED) is 0.0464. The van der Waals surface area contributed by atoms with Gasteiger partial charge in [-0.3, -0.25) is 0 Å². The van der Waals surface area contributed by atoms with Gasteiger partial charge in [-0.05, 0) is 118 Å². The van der Waals surface area contributed by atoms with Crippen molar-refractivity contribution in [3.8, 4) is 0 Å². The number of hydrogen-bond acceptors (Lipinski definition) is 9.